The molecular formula is C14H17NO4. The molecule has 0 aliphatic carbocycles. The fourth-order valence-electron chi connectivity index (χ4n) is 2.10. The fourth-order valence-corrected chi connectivity index (χ4v) is 2.10. The summed E-state index contributed by atoms with van der Waals surface area (Å²) in [4.78, 5) is 24.6. The quantitative estimate of drug-likeness (QED) is 0.783. The molecule has 0 saturated heterocycles. The summed E-state index contributed by atoms with van der Waals surface area (Å²) in [5.41, 5.74) is 0.0542. The first-order valence-corrected chi connectivity index (χ1v) is 6.14. The molecule has 1 amide bonds. The monoisotopic (exact) mass is 263 g/mol. The van der Waals surface area contributed by atoms with E-state index >= 15 is 0 Å². The third-order valence-corrected chi connectivity index (χ3v) is 3.03. The van der Waals surface area contributed by atoms with E-state index in [4.69, 9.17) is 9.47 Å². The third kappa shape index (κ3) is 2.16. The molecule has 0 aromatic heterocycles. The van der Waals surface area contributed by atoms with Crippen LogP contribution in [0.25, 0.3) is 0 Å². The summed E-state index contributed by atoms with van der Waals surface area (Å²) in [7, 11) is 1.66. The van der Waals surface area contributed by atoms with Crippen LogP contribution in [0.15, 0.2) is 12.1 Å². The van der Waals surface area contributed by atoms with E-state index in [9.17, 15) is 9.59 Å². The molecule has 5 nitrogen and oxygen atoms in total. The number of rotatable bonds is 3. The largest absolute Gasteiger partial charge is 0.490 e. The van der Waals surface area contributed by atoms with Gasteiger partial charge in [0.2, 0.25) is 0 Å². The van der Waals surface area contributed by atoms with Gasteiger partial charge >= 0.3 is 0 Å². The van der Waals surface area contributed by atoms with Gasteiger partial charge in [-0.1, -0.05) is 0 Å². The molecule has 5 heteroatoms. The average Bonchev–Trinajstić information content (AvgIpc) is 2.37. The van der Waals surface area contributed by atoms with E-state index in [0.717, 1.165) is 6.29 Å². The van der Waals surface area contributed by atoms with Crippen LogP contribution >= 0.6 is 0 Å². The second-order valence-corrected chi connectivity index (χ2v) is 4.89. The number of ether oxygens (including phenoxy) is 2. The Balaban J connectivity index is 2.62. The van der Waals surface area contributed by atoms with Gasteiger partial charge < -0.3 is 14.4 Å². The van der Waals surface area contributed by atoms with Crippen molar-refractivity contribution in [2.24, 2.45) is 0 Å². The van der Waals surface area contributed by atoms with Gasteiger partial charge in [0.15, 0.2) is 17.1 Å². The number of likely N-dealkylation sites (N-methyl/N-ethyl adjacent to an activating group) is 1. The minimum Gasteiger partial charge on any atom is -0.490 e. The number of benzene rings is 1. The van der Waals surface area contributed by atoms with Crippen molar-refractivity contribution >= 4 is 17.9 Å². The lowest BCUT2D eigenvalue weighted by Gasteiger charge is -2.37. The molecule has 1 aliphatic rings. The van der Waals surface area contributed by atoms with Gasteiger partial charge in [-0.05, 0) is 32.9 Å². The number of fused-ring (bicyclic) bond motifs is 1. The first kappa shape index (κ1) is 13.4. The Labute approximate surface area is 112 Å². The first-order valence-electron chi connectivity index (χ1n) is 6.14. The molecule has 1 aliphatic heterocycles. The summed E-state index contributed by atoms with van der Waals surface area (Å²) in [5.74, 6) is 0.819. The van der Waals surface area contributed by atoms with Gasteiger partial charge in [0.05, 0.1) is 12.3 Å². The van der Waals surface area contributed by atoms with E-state index in [2.05, 4.69) is 0 Å². The fraction of sp³-hybridized carbons (Fsp3) is 0.429. The molecule has 1 aromatic rings. The zero-order valence-corrected chi connectivity index (χ0v) is 11.5. The molecule has 2 rings (SSSR count). The second kappa shape index (κ2) is 4.57. The number of carbonyl (C=O) groups is 2. The van der Waals surface area contributed by atoms with Gasteiger partial charge in [0.25, 0.3) is 5.91 Å². The number of carbonyl (C=O) groups excluding carboxylic acids is 2. The number of hydrogen-bond donors (Lipinski definition) is 0. The van der Waals surface area contributed by atoms with Crippen molar-refractivity contribution in [3.05, 3.63) is 17.7 Å². The number of amides is 1. The topological polar surface area (TPSA) is 55.8 Å². The maximum absolute atomic E-state index is 12.2. The molecule has 0 fully saturated rings. The van der Waals surface area contributed by atoms with E-state index in [-0.39, 0.29) is 5.91 Å². The smallest absolute Gasteiger partial charge is 0.270 e. The first-order chi connectivity index (χ1) is 8.90. The summed E-state index contributed by atoms with van der Waals surface area (Å²) in [6.07, 6.45) is 0.723. The lowest BCUT2D eigenvalue weighted by atomic mass is 10.0. The highest BCUT2D eigenvalue weighted by Crippen LogP contribution is 2.44. The van der Waals surface area contributed by atoms with Crippen LogP contribution in [0.3, 0.4) is 0 Å². The second-order valence-electron chi connectivity index (χ2n) is 4.89. The standard InChI is InChI=1S/C14H17NO4/c1-5-18-11-7-9(8-16)6-10-12(11)19-14(2,3)13(17)15(10)4/h6-8H,5H2,1-4H3. The zero-order valence-electron chi connectivity index (χ0n) is 11.5. The summed E-state index contributed by atoms with van der Waals surface area (Å²) < 4.78 is 11.3. The molecule has 102 valence electrons. The number of aldehydes is 1. The van der Waals surface area contributed by atoms with E-state index in [1.54, 1.807) is 33.0 Å². The normalized spacial score (nSPS) is 16.6. The number of hydrogen-bond acceptors (Lipinski definition) is 4. The Morgan fingerprint density at radius 3 is 2.68 bits per heavy atom. The van der Waals surface area contributed by atoms with E-state index in [0.29, 0.717) is 29.4 Å². The molecule has 0 spiro atoms. The minimum atomic E-state index is -0.948. The van der Waals surface area contributed by atoms with Crippen molar-refractivity contribution in [2.45, 2.75) is 26.4 Å². The average molecular weight is 263 g/mol. The van der Waals surface area contributed by atoms with E-state index < -0.39 is 5.60 Å². The summed E-state index contributed by atoms with van der Waals surface area (Å²) in [6, 6.07) is 3.24. The third-order valence-electron chi connectivity index (χ3n) is 3.03. The molecule has 0 atom stereocenters. The van der Waals surface area contributed by atoms with Crippen molar-refractivity contribution in [1.29, 1.82) is 0 Å². The predicted octanol–water partition coefficient (Wildman–Crippen LogP) is 2.03. The van der Waals surface area contributed by atoms with Crippen LogP contribution in [0.4, 0.5) is 5.69 Å². The highest BCUT2D eigenvalue weighted by molar-refractivity contribution is 6.03. The summed E-state index contributed by atoms with van der Waals surface area (Å²) in [6.45, 7) is 5.72. The Kier molecular flexibility index (Phi) is 3.22. The van der Waals surface area contributed by atoms with Gasteiger partial charge in [-0.15, -0.1) is 0 Å². The minimum absolute atomic E-state index is 0.162. The molecule has 1 heterocycles. The van der Waals surface area contributed by atoms with Gasteiger partial charge in [-0.2, -0.15) is 0 Å². The van der Waals surface area contributed by atoms with Crippen LogP contribution in [0.1, 0.15) is 31.1 Å². The summed E-state index contributed by atoms with van der Waals surface area (Å²) in [5, 5.41) is 0. The van der Waals surface area contributed by atoms with E-state index in [1.807, 2.05) is 6.92 Å². The highest BCUT2D eigenvalue weighted by Gasteiger charge is 2.40. The Bertz CT molecular complexity index is 536. The van der Waals surface area contributed by atoms with Gasteiger partial charge in [0, 0.05) is 12.6 Å². The van der Waals surface area contributed by atoms with Crippen molar-refractivity contribution in [2.75, 3.05) is 18.6 Å². The van der Waals surface area contributed by atoms with Crippen LogP contribution < -0.4 is 14.4 Å². The summed E-state index contributed by atoms with van der Waals surface area (Å²) >= 11 is 0. The van der Waals surface area contributed by atoms with Crippen LogP contribution in [0.5, 0.6) is 11.5 Å². The Morgan fingerprint density at radius 1 is 1.42 bits per heavy atom. The molecule has 19 heavy (non-hydrogen) atoms. The van der Waals surface area contributed by atoms with Crippen molar-refractivity contribution in [3.8, 4) is 11.5 Å². The van der Waals surface area contributed by atoms with Crippen molar-refractivity contribution in [3.63, 3.8) is 0 Å². The van der Waals surface area contributed by atoms with Crippen LogP contribution in [-0.4, -0.2) is 31.4 Å². The lowest BCUT2D eigenvalue weighted by Crippen LogP contribution is -2.51. The van der Waals surface area contributed by atoms with Gasteiger partial charge in [-0.3, -0.25) is 9.59 Å². The maximum atomic E-state index is 12.2. The van der Waals surface area contributed by atoms with Crippen molar-refractivity contribution < 1.29 is 19.1 Å². The molecular weight excluding hydrogens is 246 g/mol. The van der Waals surface area contributed by atoms with Crippen LogP contribution in [0.2, 0.25) is 0 Å². The highest BCUT2D eigenvalue weighted by atomic mass is 16.5. The Hall–Kier alpha value is -2.04. The molecule has 1 aromatic carbocycles. The van der Waals surface area contributed by atoms with Gasteiger partial charge in [-0.25, -0.2) is 0 Å². The number of anilines is 1. The van der Waals surface area contributed by atoms with Crippen LogP contribution in [-0.2, 0) is 4.79 Å². The maximum Gasteiger partial charge on any atom is 0.270 e. The molecule has 0 bridgehead atoms. The Morgan fingerprint density at radius 2 is 2.11 bits per heavy atom. The van der Waals surface area contributed by atoms with Gasteiger partial charge in [0.1, 0.15) is 6.29 Å². The predicted molar refractivity (Wildman–Crippen MR) is 71.1 cm³/mol. The van der Waals surface area contributed by atoms with E-state index in [1.165, 1.54) is 4.90 Å². The molecule has 0 radical (unpaired) electrons. The number of nitrogens with zero attached hydrogens (tertiary/aromatic N) is 1. The lowest BCUT2D eigenvalue weighted by molar-refractivity contribution is -0.132. The molecule has 0 N–H and O–H groups in total. The molecule has 0 saturated carbocycles. The van der Waals surface area contributed by atoms with Crippen molar-refractivity contribution in [1.82, 2.24) is 0 Å². The molecule has 0 unspecified atom stereocenters. The van der Waals surface area contributed by atoms with Crippen LogP contribution in [0, 0.1) is 0 Å². The SMILES string of the molecule is CCOc1cc(C=O)cc2c1OC(C)(C)C(=O)N2C. The zero-order chi connectivity index (χ0) is 14.2.